The van der Waals surface area contributed by atoms with Crippen LogP contribution in [-0.4, -0.2) is 24.9 Å². The monoisotopic (exact) mass is 335 g/mol. The summed E-state index contributed by atoms with van der Waals surface area (Å²) < 4.78 is 1.78. The summed E-state index contributed by atoms with van der Waals surface area (Å²) in [4.78, 5) is 8.66. The summed E-state index contributed by atoms with van der Waals surface area (Å²) in [6, 6.07) is 14.9. The highest BCUT2D eigenvalue weighted by atomic mass is 16.3. The van der Waals surface area contributed by atoms with Gasteiger partial charge in [-0.1, -0.05) is 24.3 Å². The molecule has 2 N–H and O–H groups in total. The Balaban J connectivity index is 0.00000131. The molecule has 6 nitrogen and oxygen atoms in total. The number of aromatic nitrogens is 4. The van der Waals surface area contributed by atoms with Gasteiger partial charge < -0.3 is 10.4 Å². The summed E-state index contributed by atoms with van der Waals surface area (Å²) in [6.07, 6.45) is 5.14. The second-order valence-electron chi connectivity index (χ2n) is 5.75. The van der Waals surface area contributed by atoms with Crippen molar-refractivity contribution in [1.29, 1.82) is 0 Å². The van der Waals surface area contributed by atoms with Crippen LogP contribution in [0.5, 0.6) is 5.75 Å². The molecule has 0 saturated carbocycles. The first-order valence-corrected chi connectivity index (χ1v) is 7.96. The smallest absolute Gasteiger partial charge is 0.147 e. The molecule has 0 radical (unpaired) electrons. The minimum Gasteiger partial charge on any atom is -0.505 e. The normalized spacial score (nSPS) is 12.2. The second kappa shape index (κ2) is 6.24. The maximum atomic E-state index is 10.8. The molecular formula is C19H21N5O. The molecule has 4 rings (SSSR count). The standard InChI is InChI=1S/C19H17N5O.2H2/c1-24-15(9-12-22-24)18(23-16-6-2-3-10-20-16)14-8-7-13-5-4-11-21-17(13)19(14)25;;/h2-12,18,25H,1H3,(H,20,23);2*1H. The number of phenols is 1. The molecule has 4 aromatic rings. The fourth-order valence-electron chi connectivity index (χ4n) is 2.95. The van der Waals surface area contributed by atoms with Gasteiger partial charge in [-0.2, -0.15) is 5.10 Å². The van der Waals surface area contributed by atoms with Crippen molar-refractivity contribution in [1.82, 2.24) is 19.7 Å². The summed E-state index contributed by atoms with van der Waals surface area (Å²) in [7, 11) is 1.87. The highest BCUT2D eigenvalue weighted by Gasteiger charge is 2.22. The highest BCUT2D eigenvalue weighted by Crippen LogP contribution is 2.35. The second-order valence-corrected chi connectivity index (χ2v) is 5.75. The minimum atomic E-state index is -0.311. The topological polar surface area (TPSA) is 75.9 Å². The van der Waals surface area contributed by atoms with Crippen molar-refractivity contribution in [2.75, 3.05) is 5.32 Å². The van der Waals surface area contributed by atoms with Gasteiger partial charge in [0.1, 0.15) is 17.1 Å². The van der Waals surface area contributed by atoms with Crippen molar-refractivity contribution >= 4 is 16.7 Å². The van der Waals surface area contributed by atoms with Gasteiger partial charge in [-0.3, -0.25) is 9.67 Å². The Morgan fingerprint density at radius 3 is 2.64 bits per heavy atom. The third-order valence-electron chi connectivity index (χ3n) is 4.20. The van der Waals surface area contributed by atoms with E-state index in [1.165, 1.54) is 0 Å². The molecule has 0 aliphatic heterocycles. The predicted molar refractivity (Wildman–Crippen MR) is 101 cm³/mol. The number of aryl methyl sites for hydroxylation is 1. The molecule has 0 amide bonds. The first kappa shape index (κ1) is 15.1. The van der Waals surface area contributed by atoms with Gasteiger partial charge in [0, 0.05) is 39.4 Å². The Kier molecular flexibility index (Phi) is 3.78. The Morgan fingerprint density at radius 1 is 1.00 bits per heavy atom. The van der Waals surface area contributed by atoms with E-state index < -0.39 is 0 Å². The maximum absolute atomic E-state index is 10.8. The molecule has 0 saturated heterocycles. The van der Waals surface area contributed by atoms with E-state index in [1.54, 1.807) is 23.3 Å². The number of anilines is 1. The van der Waals surface area contributed by atoms with Gasteiger partial charge in [0.15, 0.2) is 0 Å². The number of hydrogen-bond donors (Lipinski definition) is 2. The number of benzene rings is 1. The molecule has 1 unspecified atom stereocenters. The molecular weight excluding hydrogens is 314 g/mol. The molecule has 3 aromatic heterocycles. The average molecular weight is 335 g/mol. The Morgan fingerprint density at radius 2 is 1.88 bits per heavy atom. The van der Waals surface area contributed by atoms with Gasteiger partial charge in [0.25, 0.3) is 0 Å². The molecule has 0 bridgehead atoms. The van der Waals surface area contributed by atoms with Crippen LogP contribution in [0.3, 0.4) is 0 Å². The van der Waals surface area contributed by atoms with E-state index in [9.17, 15) is 5.11 Å². The zero-order chi connectivity index (χ0) is 17.2. The SMILES string of the molecule is Cn1nccc1C(Nc1ccccn1)c1ccc2cccnc2c1O.[HH].[HH]. The lowest BCUT2D eigenvalue weighted by Crippen LogP contribution is -2.17. The van der Waals surface area contributed by atoms with Crippen molar-refractivity contribution in [3.63, 3.8) is 0 Å². The van der Waals surface area contributed by atoms with E-state index in [2.05, 4.69) is 20.4 Å². The number of hydrogen-bond acceptors (Lipinski definition) is 5. The number of rotatable bonds is 4. The molecule has 1 atom stereocenters. The Hall–Kier alpha value is -3.41. The van der Waals surface area contributed by atoms with Crippen molar-refractivity contribution in [2.45, 2.75) is 6.04 Å². The Bertz CT molecular complexity index is 1020. The van der Waals surface area contributed by atoms with Crippen molar-refractivity contribution in [2.24, 2.45) is 7.05 Å². The van der Waals surface area contributed by atoms with Crippen LogP contribution in [-0.2, 0) is 7.05 Å². The van der Waals surface area contributed by atoms with Gasteiger partial charge in [-0.05, 0) is 24.3 Å². The third kappa shape index (κ3) is 2.78. The highest BCUT2D eigenvalue weighted by molar-refractivity contribution is 5.85. The van der Waals surface area contributed by atoms with Gasteiger partial charge in [0.05, 0.1) is 11.7 Å². The van der Waals surface area contributed by atoms with Crippen molar-refractivity contribution < 1.29 is 7.96 Å². The van der Waals surface area contributed by atoms with E-state index in [0.29, 0.717) is 11.3 Å². The average Bonchev–Trinajstić information content (AvgIpc) is 3.07. The van der Waals surface area contributed by atoms with E-state index in [4.69, 9.17) is 0 Å². The van der Waals surface area contributed by atoms with Gasteiger partial charge in [0.2, 0.25) is 0 Å². The molecule has 128 valence electrons. The van der Waals surface area contributed by atoms with Gasteiger partial charge in [-0.15, -0.1) is 0 Å². The third-order valence-corrected chi connectivity index (χ3v) is 4.20. The van der Waals surface area contributed by atoms with Gasteiger partial charge >= 0.3 is 0 Å². The number of nitrogens with zero attached hydrogens (tertiary/aromatic N) is 4. The van der Waals surface area contributed by atoms with Crippen LogP contribution in [0.15, 0.2) is 67.1 Å². The van der Waals surface area contributed by atoms with Crippen LogP contribution in [0.25, 0.3) is 10.9 Å². The first-order valence-electron chi connectivity index (χ1n) is 7.96. The molecule has 0 fully saturated rings. The maximum Gasteiger partial charge on any atom is 0.147 e. The fourth-order valence-corrected chi connectivity index (χ4v) is 2.95. The molecule has 0 aliphatic rings. The zero-order valence-corrected chi connectivity index (χ0v) is 13.7. The summed E-state index contributed by atoms with van der Waals surface area (Å²) in [5.41, 5.74) is 2.21. The molecule has 3 heterocycles. The largest absolute Gasteiger partial charge is 0.505 e. The van der Waals surface area contributed by atoms with Crippen LogP contribution in [0, 0.1) is 0 Å². The number of phenolic OH excluding ortho intramolecular Hbond substituents is 1. The quantitative estimate of drug-likeness (QED) is 0.594. The van der Waals surface area contributed by atoms with E-state index >= 15 is 0 Å². The van der Waals surface area contributed by atoms with Crippen LogP contribution in [0.1, 0.15) is 20.2 Å². The summed E-state index contributed by atoms with van der Waals surface area (Å²) in [5, 5.41) is 19.4. The summed E-state index contributed by atoms with van der Waals surface area (Å²) >= 11 is 0. The fraction of sp³-hybridized carbons (Fsp3) is 0.105. The number of aromatic hydroxyl groups is 1. The zero-order valence-electron chi connectivity index (χ0n) is 13.7. The van der Waals surface area contributed by atoms with Crippen LogP contribution < -0.4 is 5.32 Å². The molecule has 0 spiro atoms. The van der Waals surface area contributed by atoms with Crippen LogP contribution in [0.4, 0.5) is 5.82 Å². The van der Waals surface area contributed by atoms with Crippen LogP contribution in [0.2, 0.25) is 0 Å². The molecule has 1 aromatic carbocycles. The lowest BCUT2D eigenvalue weighted by molar-refractivity contribution is 0.470. The van der Waals surface area contributed by atoms with Crippen molar-refractivity contribution in [3.05, 3.63) is 78.4 Å². The first-order chi connectivity index (χ1) is 12.2. The summed E-state index contributed by atoms with van der Waals surface area (Å²) in [5.74, 6) is 0.877. The molecule has 25 heavy (non-hydrogen) atoms. The van der Waals surface area contributed by atoms with E-state index in [0.717, 1.165) is 16.6 Å². The van der Waals surface area contributed by atoms with Gasteiger partial charge in [-0.25, -0.2) is 4.98 Å². The van der Waals surface area contributed by atoms with E-state index in [-0.39, 0.29) is 14.6 Å². The van der Waals surface area contributed by atoms with Crippen LogP contribution >= 0.6 is 0 Å². The molecule has 0 aliphatic carbocycles. The molecule has 6 heteroatoms. The van der Waals surface area contributed by atoms with Crippen molar-refractivity contribution in [3.8, 4) is 5.75 Å². The lowest BCUT2D eigenvalue weighted by Gasteiger charge is -2.21. The predicted octanol–water partition coefficient (Wildman–Crippen LogP) is 3.76. The lowest BCUT2D eigenvalue weighted by atomic mass is 10.00. The number of fused-ring (bicyclic) bond motifs is 1. The summed E-state index contributed by atoms with van der Waals surface area (Å²) in [6.45, 7) is 0. The number of nitrogens with one attached hydrogen (secondary N) is 1. The minimum absolute atomic E-state index is 0. The van der Waals surface area contributed by atoms with E-state index in [1.807, 2.05) is 55.6 Å². The number of pyridine rings is 2. The Labute approximate surface area is 147 Å².